The molecule has 0 radical (unpaired) electrons. The third-order valence-electron chi connectivity index (χ3n) is 2.96. The molecule has 2 heteroatoms. The lowest BCUT2D eigenvalue weighted by molar-refractivity contribution is 0.166. The van der Waals surface area contributed by atoms with Crippen LogP contribution in [0.25, 0.3) is 0 Å². The lowest BCUT2D eigenvalue weighted by Gasteiger charge is -2.25. The zero-order chi connectivity index (χ0) is 11.4. The maximum absolute atomic E-state index is 9.32. The van der Waals surface area contributed by atoms with Gasteiger partial charge in [-0.2, -0.15) is 0 Å². The van der Waals surface area contributed by atoms with Crippen LogP contribution in [0.3, 0.4) is 0 Å². The molecule has 0 aromatic heterocycles. The third-order valence-corrected chi connectivity index (χ3v) is 2.96. The van der Waals surface area contributed by atoms with E-state index in [1.807, 2.05) is 12.1 Å². The number of nitrogens with two attached hydrogens (primary N) is 1. The largest absolute Gasteiger partial charge is 0.396 e. The second-order valence-corrected chi connectivity index (χ2v) is 4.53. The summed E-state index contributed by atoms with van der Waals surface area (Å²) in [6, 6.07) is 8.12. The normalized spacial score (nSPS) is 15.3. The predicted octanol–water partition coefficient (Wildman–Crippen LogP) is 2.26. The van der Waals surface area contributed by atoms with Crippen molar-refractivity contribution in [1.82, 2.24) is 0 Å². The number of aryl methyl sites for hydroxylation is 1. The summed E-state index contributed by atoms with van der Waals surface area (Å²) < 4.78 is 0. The highest BCUT2D eigenvalue weighted by atomic mass is 16.3. The van der Waals surface area contributed by atoms with E-state index in [2.05, 4.69) is 32.9 Å². The van der Waals surface area contributed by atoms with Gasteiger partial charge in [0.1, 0.15) is 0 Å². The highest BCUT2D eigenvalue weighted by Crippen LogP contribution is 2.25. The fourth-order valence-electron chi connectivity index (χ4n) is 1.86. The molecule has 3 N–H and O–H groups in total. The van der Waals surface area contributed by atoms with E-state index in [0.717, 1.165) is 5.56 Å². The van der Waals surface area contributed by atoms with E-state index in [1.54, 1.807) is 0 Å². The summed E-state index contributed by atoms with van der Waals surface area (Å²) in [5, 5.41) is 9.32. The second kappa shape index (κ2) is 5.29. The SMILES string of the molecule is Cc1cccc(C(N)C(CO)C(C)C)c1. The van der Waals surface area contributed by atoms with Crippen molar-refractivity contribution in [3.8, 4) is 0 Å². The summed E-state index contributed by atoms with van der Waals surface area (Å²) in [7, 11) is 0. The van der Waals surface area contributed by atoms with Gasteiger partial charge in [-0.1, -0.05) is 43.7 Å². The quantitative estimate of drug-likeness (QED) is 0.795. The lowest BCUT2D eigenvalue weighted by atomic mass is 9.85. The molecular weight excluding hydrogens is 186 g/mol. The Hall–Kier alpha value is -0.860. The molecule has 1 aromatic carbocycles. The van der Waals surface area contributed by atoms with E-state index in [-0.39, 0.29) is 18.6 Å². The van der Waals surface area contributed by atoms with Crippen molar-refractivity contribution in [2.45, 2.75) is 26.8 Å². The number of hydrogen-bond acceptors (Lipinski definition) is 2. The standard InChI is InChI=1S/C13H21NO/c1-9(2)12(8-15)13(14)11-6-4-5-10(3)7-11/h4-7,9,12-13,15H,8,14H2,1-3H3. The van der Waals surface area contributed by atoms with E-state index >= 15 is 0 Å². The van der Waals surface area contributed by atoms with E-state index in [0.29, 0.717) is 5.92 Å². The van der Waals surface area contributed by atoms with E-state index < -0.39 is 0 Å². The third kappa shape index (κ3) is 3.05. The molecule has 84 valence electrons. The molecule has 2 unspecified atom stereocenters. The molecule has 0 aliphatic carbocycles. The average Bonchev–Trinajstić information content (AvgIpc) is 2.18. The van der Waals surface area contributed by atoms with Crippen LogP contribution in [0.15, 0.2) is 24.3 Å². The molecule has 1 aromatic rings. The van der Waals surface area contributed by atoms with Crippen molar-refractivity contribution in [3.05, 3.63) is 35.4 Å². The van der Waals surface area contributed by atoms with Crippen LogP contribution in [0, 0.1) is 18.8 Å². The van der Waals surface area contributed by atoms with Gasteiger partial charge in [-0.3, -0.25) is 0 Å². The van der Waals surface area contributed by atoms with Gasteiger partial charge in [0.25, 0.3) is 0 Å². The van der Waals surface area contributed by atoms with Gasteiger partial charge in [-0.25, -0.2) is 0 Å². The van der Waals surface area contributed by atoms with Gasteiger partial charge in [0.05, 0.1) is 0 Å². The molecule has 2 nitrogen and oxygen atoms in total. The Morgan fingerprint density at radius 1 is 1.33 bits per heavy atom. The number of benzene rings is 1. The maximum atomic E-state index is 9.32. The minimum Gasteiger partial charge on any atom is -0.396 e. The Morgan fingerprint density at radius 2 is 2.00 bits per heavy atom. The van der Waals surface area contributed by atoms with Gasteiger partial charge < -0.3 is 10.8 Å². The van der Waals surface area contributed by atoms with Crippen molar-refractivity contribution in [2.75, 3.05) is 6.61 Å². The molecule has 0 saturated heterocycles. The summed E-state index contributed by atoms with van der Waals surface area (Å²) in [5.41, 5.74) is 8.48. The van der Waals surface area contributed by atoms with E-state index in [4.69, 9.17) is 5.73 Å². The first kappa shape index (κ1) is 12.2. The van der Waals surface area contributed by atoms with Gasteiger partial charge in [-0.15, -0.1) is 0 Å². The van der Waals surface area contributed by atoms with Crippen LogP contribution in [-0.4, -0.2) is 11.7 Å². The number of aliphatic hydroxyl groups excluding tert-OH is 1. The van der Waals surface area contributed by atoms with E-state index in [9.17, 15) is 5.11 Å². The van der Waals surface area contributed by atoms with Crippen LogP contribution in [0.4, 0.5) is 0 Å². The molecule has 0 bridgehead atoms. The van der Waals surface area contributed by atoms with Gasteiger partial charge >= 0.3 is 0 Å². The highest BCUT2D eigenvalue weighted by Gasteiger charge is 2.21. The van der Waals surface area contributed by atoms with Crippen molar-refractivity contribution in [2.24, 2.45) is 17.6 Å². The second-order valence-electron chi connectivity index (χ2n) is 4.53. The fraction of sp³-hybridized carbons (Fsp3) is 0.538. The van der Waals surface area contributed by atoms with E-state index in [1.165, 1.54) is 5.56 Å². The molecule has 2 atom stereocenters. The maximum Gasteiger partial charge on any atom is 0.0479 e. The zero-order valence-corrected chi connectivity index (χ0v) is 9.77. The van der Waals surface area contributed by atoms with Crippen molar-refractivity contribution in [1.29, 1.82) is 0 Å². The summed E-state index contributed by atoms with van der Waals surface area (Å²) in [6.45, 7) is 6.39. The molecule has 0 saturated carbocycles. The molecule has 0 fully saturated rings. The molecule has 0 spiro atoms. The van der Waals surface area contributed by atoms with Crippen molar-refractivity contribution >= 4 is 0 Å². The highest BCUT2D eigenvalue weighted by molar-refractivity contribution is 5.25. The summed E-state index contributed by atoms with van der Waals surface area (Å²) >= 11 is 0. The molecule has 0 aliphatic heterocycles. The molecule has 1 rings (SSSR count). The molecule has 0 aliphatic rings. The Balaban J connectivity index is 2.87. The van der Waals surface area contributed by atoms with Crippen LogP contribution in [0.1, 0.15) is 31.0 Å². The van der Waals surface area contributed by atoms with Crippen LogP contribution in [0.2, 0.25) is 0 Å². The fourth-order valence-corrected chi connectivity index (χ4v) is 1.86. The molecule has 0 amide bonds. The van der Waals surface area contributed by atoms with Gasteiger partial charge in [0.15, 0.2) is 0 Å². The van der Waals surface area contributed by atoms with Crippen LogP contribution in [0.5, 0.6) is 0 Å². The van der Waals surface area contributed by atoms with Gasteiger partial charge in [-0.05, 0) is 18.4 Å². The topological polar surface area (TPSA) is 46.2 Å². The summed E-state index contributed by atoms with van der Waals surface area (Å²) in [5.74, 6) is 0.525. The summed E-state index contributed by atoms with van der Waals surface area (Å²) in [4.78, 5) is 0. The summed E-state index contributed by atoms with van der Waals surface area (Å²) in [6.07, 6.45) is 0. The molecule has 15 heavy (non-hydrogen) atoms. The number of hydrogen-bond donors (Lipinski definition) is 2. The Morgan fingerprint density at radius 3 is 2.47 bits per heavy atom. The first-order valence-electron chi connectivity index (χ1n) is 5.49. The lowest BCUT2D eigenvalue weighted by Crippen LogP contribution is -2.28. The first-order valence-corrected chi connectivity index (χ1v) is 5.49. The molecule has 0 heterocycles. The number of aliphatic hydroxyl groups is 1. The first-order chi connectivity index (χ1) is 7.06. The molecular formula is C13H21NO. The van der Waals surface area contributed by atoms with Crippen LogP contribution >= 0.6 is 0 Å². The zero-order valence-electron chi connectivity index (χ0n) is 9.77. The monoisotopic (exact) mass is 207 g/mol. The van der Waals surface area contributed by atoms with Gasteiger partial charge in [0.2, 0.25) is 0 Å². The predicted molar refractivity (Wildman–Crippen MR) is 63.5 cm³/mol. The van der Waals surface area contributed by atoms with Crippen molar-refractivity contribution < 1.29 is 5.11 Å². The minimum absolute atomic E-state index is 0.0742. The number of rotatable bonds is 4. The van der Waals surface area contributed by atoms with Crippen molar-refractivity contribution in [3.63, 3.8) is 0 Å². The Labute approximate surface area is 92.1 Å². The van der Waals surface area contributed by atoms with Gasteiger partial charge in [0, 0.05) is 18.6 Å². The van der Waals surface area contributed by atoms with Crippen LogP contribution < -0.4 is 5.73 Å². The van der Waals surface area contributed by atoms with Crippen LogP contribution in [-0.2, 0) is 0 Å². The Bertz CT molecular complexity index is 309. The Kier molecular flexibility index (Phi) is 4.30. The smallest absolute Gasteiger partial charge is 0.0479 e. The minimum atomic E-state index is -0.0742. The average molecular weight is 207 g/mol.